The number of aromatic nitrogens is 3. The maximum absolute atomic E-state index is 13.3. The Morgan fingerprint density at radius 2 is 1.82 bits per heavy atom. The molecule has 150 valence electrons. The molecule has 2 aliphatic rings. The first-order chi connectivity index (χ1) is 13.5. The fraction of sp³-hybridized carbons (Fsp3) is 0.571. The van der Waals surface area contributed by atoms with Crippen molar-refractivity contribution in [1.29, 1.82) is 0 Å². The van der Waals surface area contributed by atoms with Crippen molar-refractivity contribution in [3.63, 3.8) is 0 Å². The first-order valence-corrected chi connectivity index (χ1v) is 11.0. The van der Waals surface area contributed by atoms with Crippen LogP contribution in [0.1, 0.15) is 55.5 Å². The topological polar surface area (TPSA) is 60.2 Å². The fourth-order valence-corrected chi connectivity index (χ4v) is 5.44. The van der Waals surface area contributed by atoms with Crippen LogP contribution in [0.3, 0.4) is 0 Å². The number of hydrogen-bond donors (Lipinski definition) is 0. The summed E-state index contributed by atoms with van der Waals surface area (Å²) in [5.41, 5.74) is 2.48. The minimum atomic E-state index is -0.245. The molecule has 1 saturated heterocycles. The average molecular weight is 401 g/mol. The molecule has 2 aromatic rings. The summed E-state index contributed by atoms with van der Waals surface area (Å²) in [7, 11) is 0. The van der Waals surface area contributed by atoms with Crippen molar-refractivity contribution in [2.45, 2.75) is 69.2 Å². The normalized spacial score (nSPS) is 26.4. The molecule has 0 N–H and O–H groups in total. The lowest BCUT2D eigenvalue weighted by Crippen LogP contribution is -2.50. The number of aryl methyl sites for hydroxylation is 2. The molecule has 0 saturated carbocycles. The maximum atomic E-state index is 13.3. The summed E-state index contributed by atoms with van der Waals surface area (Å²) in [5, 5.41) is 4.89. The number of carbonyl (C=O) groups excluding carboxylic acids is 1. The number of fused-ring (bicyclic) bond motifs is 1. The summed E-state index contributed by atoms with van der Waals surface area (Å²) in [4.78, 5) is 20.2. The highest BCUT2D eigenvalue weighted by Gasteiger charge is 2.44. The van der Waals surface area contributed by atoms with E-state index in [0.29, 0.717) is 0 Å². The quantitative estimate of drug-likeness (QED) is 0.767. The molecule has 7 heteroatoms. The Bertz CT molecular complexity index is 841. The number of thioether (sulfide) groups is 1. The minimum absolute atomic E-state index is 0.0224. The Hall–Kier alpha value is -1.70. The Morgan fingerprint density at radius 1 is 1.14 bits per heavy atom. The second-order valence-electron chi connectivity index (χ2n) is 7.70. The monoisotopic (exact) mass is 400 g/mol. The summed E-state index contributed by atoms with van der Waals surface area (Å²) in [6, 6.07) is 8.67. The molecule has 2 aliphatic heterocycles. The third-order valence-corrected chi connectivity index (χ3v) is 6.67. The lowest BCUT2D eigenvalue weighted by atomic mass is 9.97. The van der Waals surface area contributed by atoms with E-state index in [9.17, 15) is 4.79 Å². The van der Waals surface area contributed by atoms with Crippen LogP contribution in [0.15, 0.2) is 29.4 Å². The zero-order valence-electron chi connectivity index (χ0n) is 17.0. The predicted octanol–water partition coefficient (Wildman–Crippen LogP) is 3.37. The number of carbonyl (C=O) groups is 1. The third kappa shape index (κ3) is 3.63. The summed E-state index contributed by atoms with van der Waals surface area (Å²) < 4.78 is 7.45. The van der Waals surface area contributed by atoms with Crippen molar-refractivity contribution < 1.29 is 9.53 Å². The van der Waals surface area contributed by atoms with Crippen LogP contribution in [-0.2, 0) is 17.6 Å². The summed E-state index contributed by atoms with van der Waals surface area (Å²) in [6.07, 6.45) is 2.03. The molecular formula is C21H28N4O2S. The highest BCUT2D eigenvalue weighted by molar-refractivity contribution is 8.00. The van der Waals surface area contributed by atoms with E-state index in [1.54, 1.807) is 11.8 Å². The van der Waals surface area contributed by atoms with E-state index < -0.39 is 0 Å². The number of nitrogens with zero attached hydrogens (tertiary/aromatic N) is 4. The number of morpholine rings is 1. The maximum Gasteiger partial charge on any atom is 0.264 e. The molecular weight excluding hydrogens is 372 g/mol. The molecule has 4 rings (SSSR count). The molecule has 0 radical (unpaired) electrons. The van der Waals surface area contributed by atoms with Gasteiger partial charge < -0.3 is 4.74 Å². The standard InChI is InChI=1S/C21H28N4O2S/c1-5-15-7-9-16(10-8-15)18(24-11-13(3)27-14(4)12-24)19-20(26)25-21(28-19)22-17(6-2)23-25/h7-10,13-14,18-19H,5-6,11-12H2,1-4H3. The highest BCUT2D eigenvalue weighted by Crippen LogP contribution is 2.41. The first kappa shape index (κ1) is 19.6. The number of benzene rings is 1. The van der Waals surface area contributed by atoms with Crippen molar-refractivity contribution in [3.05, 3.63) is 41.2 Å². The SMILES string of the molecule is CCc1ccc(C(C2Sc3nc(CC)nn3C2=O)N2CC(C)OC(C)C2)cc1. The highest BCUT2D eigenvalue weighted by atomic mass is 32.2. The van der Waals surface area contributed by atoms with Gasteiger partial charge in [-0.2, -0.15) is 4.68 Å². The molecule has 4 unspecified atom stereocenters. The van der Waals surface area contributed by atoms with Gasteiger partial charge in [-0.1, -0.05) is 49.9 Å². The largest absolute Gasteiger partial charge is 0.373 e. The van der Waals surface area contributed by atoms with E-state index in [4.69, 9.17) is 4.74 Å². The average Bonchev–Trinajstić information content (AvgIpc) is 3.21. The van der Waals surface area contributed by atoms with Crippen LogP contribution in [0.25, 0.3) is 0 Å². The second kappa shape index (κ2) is 7.97. The van der Waals surface area contributed by atoms with Gasteiger partial charge in [-0.3, -0.25) is 9.69 Å². The van der Waals surface area contributed by atoms with Crippen LogP contribution in [0.5, 0.6) is 0 Å². The molecule has 0 spiro atoms. The van der Waals surface area contributed by atoms with Gasteiger partial charge >= 0.3 is 0 Å². The summed E-state index contributed by atoms with van der Waals surface area (Å²) in [5.74, 6) is 0.760. The third-order valence-electron chi connectivity index (χ3n) is 5.48. The molecule has 1 aromatic carbocycles. The van der Waals surface area contributed by atoms with Crippen LogP contribution in [0, 0.1) is 0 Å². The Morgan fingerprint density at radius 3 is 2.39 bits per heavy atom. The second-order valence-corrected chi connectivity index (χ2v) is 8.81. The lowest BCUT2D eigenvalue weighted by Gasteiger charge is -2.41. The molecule has 0 aliphatic carbocycles. The van der Waals surface area contributed by atoms with Gasteiger partial charge in [0.1, 0.15) is 5.25 Å². The van der Waals surface area contributed by atoms with Gasteiger partial charge in [0.15, 0.2) is 11.0 Å². The number of hydrogen-bond acceptors (Lipinski definition) is 6. The molecule has 4 atom stereocenters. The first-order valence-electron chi connectivity index (χ1n) is 10.1. The summed E-state index contributed by atoms with van der Waals surface area (Å²) >= 11 is 1.55. The summed E-state index contributed by atoms with van der Waals surface area (Å²) in [6.45, 7) is 9.99. The zero-order valence-corrected chi connectivity index (χ0v) is 17.8. The van der Waals surface area contributed by atoms with Crippen molar-refractivity contribution in [1.82, 2.24) is 19.7 Å². The zero-order chi connectivity index (χ0) is 19.8. The molecule has 1 aromatic heterocycles. The van der Waals surface area contributed by atoms with E-state index in [0.717, 1.165) is 36.9 Å². The van der Waals surface area contributed by atoms with E-state index >= 15 is 0 Å². The van der Waals surface area contributed by atoms with Crippen molar-refractivity contribution in [2.24, 2.45) is 0 Å². The number of ether oxygens (including phenoxy) is 1. The van der Waals surface area contributed by atoms with Gasteiger partial charge in [0, 0.05) is 19.5 Å². The van der Waals surface area contributed by atoms with Gasteiger partial charge in [0.2, 0.25) is 0 Å². The van der Waals surface area contributed by atoms with E-state index in [-0.39, 0.29) is 29.4 Å². The molecule has 28 heavy (non-hydrogen) atoms. The van der Waals surface area contributed by atoms with Crippen LogP contribution >= 0.6 is 11.8 Å². The van der Waals surface area contributed by atoms with Gasteiger partial charge in [-0.15, -0.1) is 5.10 Å². The van der Waals surface area contributed by atoms with Crippen LogP contribution in [0.2, 0.25) is 0 Å². The van der Waals surface area contributed by atoms with E-state index in [2.05, 4.69) is 60.0 Å². The van der Waals surface area contributed by atoms with Crippen molar-refractivity contribution in [2.75, 3.05) is 13.1 Å². The predicted molar refractivity (Wildman–Crippen MR) is 110 cm³/mol. The van der Waals surface area contributed by atoms with Gasteiger partial charge in [0.25, 0.3) is 5.91 Å². The van der Waals surface area contributed by atoms with Crippen molar-refractivity contribution >= 4 is 17.7 Å². The molecule has 0 bridgehead atoms. The Labute approximate surface area is 170 Å². The van der Waals surface area contributed by atoms with Gasteiger partial charge in [-0.05, 0) is 31.4 Å². The fourth-order valence-electron chi connectivity index (χ4n) is 4.16. The van der Waals surface area contributed by atoms with E-state index in [1.807, 2.05) is 6.92 Å². The Kier molecular flexibility index (Phi) is 5.58. The van der Waals surface area contributed by atoms with Crippen LogP contribution < -0.4 is 0 Å². The van der Waals surface area contributed by atoms with Crippen molar-refractivity contribution in [3.8, 4) is 0 Å². The molecule has 3 heterocycles. The van der Waals surface area contributed by atoms with E-state index in [1.165, 1.54) is 15.8 Å². The molecule has 6 nitrogen and oxygen atoms in total. The Balaban J connectivity index is 1.68. The number of rotatable bonds is 5. The van der Waals surface area contributed by atoms with Crippen LogP contribution in [0.4, 0.5) is 0 Å². The van der Waals surface area contributed by atoms with Gasteiger partial charge in [0.05, 0.1) is 18.2 Å². The molecule has 1 fully saturated rings. The minimum Gasteiger partial charge on any atom is -0.373 e. The smallest absolute Gasteiger partial charge is 0.264 e. The molecule has 0 amide bonds. The van der Waals surface area contributed by atoms with Crippen LogP contribution in [-0.4, -0.2) is 56.1 Å². The van der Waals surface area contributed by atoms with Gasteiger partial charge in [-0.25, -0.2) is 4.98 Å². The lowest BCUT2D eigenvalue weighted by molar-refractivity contribution is -0.0804.